The molecule has 4 nitrogen and oxygen atoms in total. The van der Waals surface area contributed by atoms with Crippen molar-refractivity contribution < 1.29 is 9.53 Å². The first-order valence-electron chi connectivity index (χ1n) is 6.71. The van der Waals surface area contributed by atoms with Gasteiger partial charge in [-0.05, 0) is 35.4 Å². The Morgan fingerprint density at radius 1 is 1.14 bits per heavy atom. The fourth-order valence-corrected chi connectivity index (χ4v) is 2.68. The van der Waals surface area contributed by atoms with E-state index in [-0.39, 0.29) is 12.5 Å². The standard InChI is InChI=1S/C16H15BrN2O2/c17-13-3-1-2-11(6-13)8-18-9-12-4-5-15-14(7-12)19-16(20)10-21-15/h1-7,18H,8-10H2,(H,19,20). The summed E-state index contributed by atoms with van der Waals surface area (Å²) in [7, 11) is 0. The Morgan fingerprint density at radius 2 is 1.95 bits per heavy atom. The van der Waals surface area contributed by atoms with Crippen LogP contribution >= 0.6 is 15.9 Å². The quantitative estimate of drug-likeness (QED) is 0.894. The molecule has 0 aromatic heterocycles. The molecule has 2 aromatic rings. The molecule has 2 N–H and O–H groups in total. The van der Waals surface area contributed by atoms with Gasteiger partial charge >= 0.3 is 0 Å². The van der Waals surface area contributed by atoms with E-state index in [4.69, 9.17) is 4.74 Å². The van der Waals surface area contributed by atoms with Crippen molar-refractivity contribution in [2.24, 2.45) is 0 Å². The minimum absolute atomic E-state index is 0.0908. The van der Waals surface area contributed by atoms with Gasteiger partial charge in [0.1, 0.15) is 5.75 Å². The van der Waals surface area contributed by atoms with E-state index in [9.17, 15) is 4.79 Å². The number of nitrogens with one attached hydrogen (secondary N) is 2. The summed E-state index contributed by atoms with van der Waals surface area (Å²) in [6.45, 7) is 1.61. The second-order valence-electron chi connectivity index (χ2n) is 4.90. The molecule has 0 saturated heterocycles. The van der Waals surface area contributed by atoms with Crippen molar-refractivity contribution in [3.05, 3.63) is 58.1 Å². The summed E-state index contributed by atoms with van der Waals surface area (Å²) < 4.78 is 6.42. The normalized spacial score (nSPS) is 13.3. The fraction of sp³-hybridized carbons (Fsp3) is 0.188. The smallest absolute Gasteiger partial charge is 0.262 e. The Labute approximate surface area is 131 Å². The molecular formula is C16H15BrN2O2. The highest BCUT2D eigenvalue weighted by Crippen LogP contribution is 2.28. The van der Waals surface area contributed by atoms with Crippen LogP contribution in [0.15, 0.2) is 46.9 Å². The molecule has 21 heavy (non-hydrogen) atoms. The molecule has 1 amide bonds. The zero-order chi connectivity index (χ0) is 14.7. The van der Waals surface area contributed by atoms with E-state index in [2.05, 4.69) is 38.7 Å². The van der Waals surface area contributed by atoms with E-state index in [0.717, 1.165) is 34.6 Å². The lowest BCUT2D eigenvalue weighted by Gasteiger charge is -2.18. The van der Waals surface area contributed by atoms with Crippen LogP contribution in [0.2, 0.25) is 0 Å². The molecule has 1 aliphatic rings. The molecule has 0 fully saturated rings. The first-order valence-corrected chi connectivity index (χ1v) is 7.51. The third kappa shape index (κ3) is 3.62. The van der Waals surface area contributed by atoms with E-state index < -0.39 is 0 Å². The van der Waals surface area contributed by atoms with Gasteiger partial charge in [-0.25, -0.2) is 0 Å². The summed E-state index contributed by atoms with van der Waals surface area (Å²) in [5.74, 6) is 0.618. The van der Waals surface area contributed by atoms with Gasteiger partial charge in [0.05, 0.1) is 5.69 Å². The van der Waals surface area contributed by atoms with Crippen molar-refractivity contribution in [2.45, 2.75) is 13.1 Å². The largest absolute Gasteiger partial charge is 0.482 e. The Kier molecular flexibility index (Phi) is 4.22. The van der Waals surface area contributed by atoms with E-state index in [1.807, 2.05) is 30.3 Å². The molecule has 5 heteroatoms. The van der Waals surface area contributed by atoms with Crippen LogP contribution in [0.3, 0.4) is 0 Å². The predicted molar refractivity (Wildman–Crippen MR) is 85.3 cm³/mol. The average molecular weight is 347 g/mol. The lowest BCUT2D eigenvalue weighted by atomic mass is 10.1. The Bertz CT molecular complexity index is 673. The van der Waals surface area contributed by atoms with E-state index in [0.29, 0.717) is 0 Å². The van der Waals surface area contributed by atoms with Crippen molar-refractivity contribution in [3.8, 4) is 5.75 Å². The summed E-state index contributed by atoms with van der Waals surface area (Å²) in [5, 5.41) is 6.21. The van der Waals surface area contributed by atoms with Crippen LogP contribution in [-0.2, 0) is 17.9 Å². The molecule has 108 valence electrons. The van der Waals surface area contributed by atoms with Gasteiger partial charge in [-0.2, -0.15) is 0 Å². The van der Waals surface area contributed by atoms with Crippen molar-refractivity contribution in [1.29, 1.82) is 0 Å². The third-order valence-corrected chi connectivity index (χ3v) is 3.72. The molecule has 0 atom stereocenters. The van der Waals surface area contributed by atoms with E-state index in [1.165, 1.54) is 5.56 Å². The molecular weight excluding hydrogens is 332 g/mol. The van der Waals surface area contributed by atoms with Gasteiger partial charge in [0.2, 0.25) is 0 Å². The number of benzene rings is 2. The topological polar surface area (TPSA) is 50.4 Å². The second kappa shape index (κ2) is 6.28. The molecule has 0 bridgehead atoms. The first-order chi connectivity index (χ1) is 10.2. The summed E-state index contributed by atoms with van der Waals surface area (Å²) in [6, 6.07) is 14.0. The zero-order valence-corrected chi connectivity index (χ0v) is 12.9. The maximum atomic E-state index is 11.3. The van der Waals surface area contributed by atoms with Crippen LogP contribution in [0.4, 0.5) is 5.69 Å². The number of carbonyl (C=O) groups is 1. The zero-order valence-electron chi connectivity index (χ0n) is 11.4. The summed E-state index contributed by atoms with van der Waals surface area (Å²) in [4.78, 5) is 11.3. The van der Waals surface area contributed by atoms with Crippen LogP contribution < -0.4 is 15.4 Å². The second-order valence-corrected chi connectivity index (χ2v) is 5.82. The molecule has 1 aliphatic heterocycles. The molecule has 0 spiro atoms. The highest BCUT2D eigenvalue weighted by Gasteiger charge is 2.15. The van der Waals surface area contributed by atoms with Gasteiger partial charge in [-0.3, -0.25) is 4.79 Å². The first kappa shape index (κ1) is 14.1. The van der Waals surface area contributed by atoms with Gasteiger partial charge in [0, 0.05) is 17.6 Å². The number of hydrogen-bond acceptors (Lipinski definition) is 3. The Morgan fingerprint density at radius 3 is 2.76 bits per heavy atom. The Hall–Kier alpha value is -1.85. The van der Waals surface area contributed by atoms with Gasteiger partial charge in [0.25, 0.3) is 5.91 Å². The molecule has 1 heterocycles. The highest BCUT2D eigenvalue weighted by molar-refractivity contribution is 9.10. The monoisotopic (exact) mass is 346 g/mol. The molecule has 0 saturated carbocycles. The number of carbonyl (C=O) groups excluding carboxylic acids is 1. The summed E-state index contributed by atoms with van der Waals surface area (Å²) in [5.41, 5.74) is 3.07. The Balaban J connectivity index is 1.61. The fourth-order valence-electron chi connectivity index (χ4n) is 2.24. The number of rotatable bonds is 4. The molecule has 2 aromatic carbocycles. The van der Waals surface area contributed by atoms with Gasteiger partial charge in [-0.15, -0.1) is 0 Å². The van der Waals surface area contributed by atoms with Crippen LogP contribution in [0, 0.1) is 0 Å². The maximum Gasteiger partial charge on any atom is 0.262 e. The minimum Gasteiger partial charge on any atom is -0.482 e. The van der Waals surface area contributed by atoms with Crippen LogP contribution in [0.5, 0.6) is 5.75 Å². The van der Waals surface area contributed by atoms with E-state index >= 15 is 0 Å². The number of ether oxygens (including phenoxy) is 1. The van der Waals surface area contributed by atoms with Gasteiger partial charge < -0.3 is 15.4 Å². The summed E-state index contributed by atoms with van der Waals surface area (Å²) in [6.07, 6.45) is 0. The van der Waals surface area contributed by atoms with Crippen molar-refractivity contribution in [2.75, 3.05) is 11.9 Å². The third-order valence-electron chi connectivity index (χ3n) is 3.22. The lowest BCUT2D eigenvalue weighted by Crippen LogP contribution is -2.25. The van der Waals surface area contributed by atoms with Crippen molar-refractivity contribution in [3.63, 3.8) is 0 Å². The maximum absolute atomic E-state index is 11.3. The average Bonchev–Trinajstić information content (AvgIpc) is 2.47. The minimum atomic E-state index is -0.109. The van der Waals surface area contributed by atoms with Crippen molar-refractivity contribution in [1.82, 2.24) is 5.32 Å². The molecule has 0 unspecified atom stereocenters. The number of amides is 1. The highest BCUT2D eigenvalue weighted by atomic mass is 79.9. The number of fused-ring (bicyclic) bond motifs is 1. The summed E-state index contributed by atoms with van der Waals surface area (Å²) >= 11 is 3.46. The molecule has 3 rings (SSSR count). The van der Waals surface area contributed by atoms with Crippen molar-refractivity contribution >= 4 is 27.5 Å². The number of hydrogen-bond donors (Lipinski definition) is 2. The number of anilines is 1. The SMILES string of the molecule is O=C1COc2ccc(CNCc3cccc(Br)c3)cc2N1. The van der Waals surface area contributed by atoms with Gasteiger partial charge in [0.15, 0.2) is 6.61 Å². The van der Waals surface area contributed by atoms with Crippen LogP contribution in [-0.4, -0.2) is 12.5 Å². The number of halogens is 1. The van der Waals surface area contributed by atoms with Gasteiger partial charge in [-0.1, -0.05) is 34.1 Å². The molecule has 0 aliphatic carbocycles. The van der Waals surface area contributed by atoms with Crippen LogP contribution in [0.1, 0.15) is 11.1 Å². The predicted octanol–water partition coefficient (Wildman–Crippen LogP) is 3.07. The lowest BCUT2D eigenvalue weighted by molar-refractivity contribution is -0.118. The van der Waals surface area contributed by atoms with Crippen LogP contribution in [0.25, 0.3) is 0 Å². The van der Waals surface area contributed by atoms with E-state index in [1.54, 1.807) is 0 Å². The molecule has 0 radical (unpaired) electrons.